The summed E-state index contributed by atoms with van der Waals surface area (Å²) in [5.41, 5.74) is 5.40. The van der Waals surface area contributed by atoms with E-state index in [0.717, 1.165) is 51.3 Å². The summed E-state index contributed by atoms with van der Waals surface area (Å²) in [5.74, 6) is 0.497. The van der Waals surface area contributed by atoms with Crippen LogP contribution in [0.25, 0.3) is 16.1 Å². The summed E-state index contributed by atoms with van der Waals surface area (Å²) in [7, 11) is 0. The topological polar surface area (TPSA) is 43.1 Å². The van der Waals surface area contributed by atoms with Gasteiger partial charge < -0.3 is 0 Å². The number of hydrogen-bond donors (Lipinski definition) is 0. The average molecular weight is 435 g/mol. The lowest BCUT2D eigenvalue weighted by Crippen LogP contribution is -2.07. The van der Waals surface area contributed by atoms with Gasteiger partial charge in [0.15, 0.2) is 5.65 Å². The number of thiazole rings is 1. The molecule has 0 saturated heterocycles. The van der Waals surface area contributed by atoms with E-state index in [9.17, 15) is 0 Å². The Morgan fingerprint density at radius 2 is 1.88 bits per heavy atom. The van der Waals surface area contributed by atoms with Crippen molar-refractivity contribution in [1.82, 2.24) is 19.6 Å². The van der Waals surface area contributed by atoms with Crippen molar-refractivity contribution in [2.75, 3.05) is 0 Å². The van der Waals surface area contributed by atoms with E-state index in [1.165, 1.54) is 23.5 Å². The van der Waals surface area contributed by atoms with Crippen LogP contribution in [0.15, 0.2) is 10.7 Å². The molecule has 3 rings (SSSR count). The SMILES string of the molecule is CCCCc1nc(Br)c(-c2c(C)nn3c(C(CC)CC)cc(C)nc23)s1. The second-order valence-electron chi connectivity index (χ2n) is 6.86. The number of unbranched alkanes of at least 4 members (excludes halogenated alkanes) is 1. The van der Waals surface area contributed by atoms with E-state index in [-0.39, 0.29) is 0 Å². The highest BCUT2D eigenvalue weighted by Gasteiger charge is 2.22. The van der Waals surface area contributed by atoms with Crippen molar-refractivity contribution >= 4 is 32.9 Å². The van der Waals surface area contributed by atoms with Crippen LogP contribution in [0.3, 0.4) is 0 Å². The number of aromatic nitrogens is 4. The van der Waals surface area contributed by atoms with Crippen LogP contribution < -0.4 is 0 Å². The Morgan fingerprint density at radius 1 is 1.15 bits per heavy atom. The van der Waals surface area contributed by atoms with Crippen molar-refractivity contribution in [3.05, 3.63) is 32.8 Å². The fraction of sp³-hybridized carbons (Fsp3) is 0.550. The highest BCUT2D eigenvalue weighted by atomic mass is 79.9. The van der Waals surface area contributed by atoms with Gasteiger partial charge in [0.2, 0.25) is 0 Å². The molecule has 0 spiro atoms. The quantitative estimate of drug-likeness (QED) is 0.427. The first-order valence-corrected chi connectivity index (χ1v) is 11.1. The van der Waals surface area contributed by atoms with Crippen molar-refractivity contribution in [1.29, 1.82) is 0 Å². The summed E-state index contributed by atoms with van der Waals surface area (Å²) in [6, 6.07) is 2.19. The first kappa shape index (κ1) is 19.5. The summed E-state index contributed by atoms with van der Waals surface area (Å²) in [6.45, 7) is 10.9. The third-order valence-electron chi connectivity index (χ3n) is 4.92. The molecule has 6 heteroatoms. The molecule has 0 saturated carbocycles. The van der Waals surface area contributed by atoms with Crippen LogP contribution in [0.2, 0.25) is 0 Å². The van der Waals surface area contributed by atoms with E-state index < -0.39 is 0 Å². The van der Waals surface area contributed by atoms with E-state index >= 15 is 0 Å². The van der Waals surface area contributed by atoms with E-state index in [0.29, 0.717) is 5.92 Å². The lowest BCUT2D eigenvalue weighted by Gasteiger charge is -2.15. The summed E-state index contributed by atoms with van der Waals surface area (Å²) >= 11 is 5.44. The Bertz CT molecular complexity index is 908. The molecule has 3 heterocycles. The van der Waals surface area contributed by atoms with Crippen molar-refractivity contribution < 1.29 is 0 Å². The molecule has 0 N–H and O–H groups in total. The maximum absolute atomic E-state index is 4.87. The molecule has 0 radical (unpaired) electrons. The minimum atomic E-state index is 0.497. The predicted molar refractivity (Wildman–Crippen MR) is 113 cm³/mol. The number of fused-ring (bicyclic) bond motifs is 1. The largest absolute Gasteiger partial charge is 0.234 e. The zero-order chi connectivity index (χ0) is 18.8. The summed E-state index contributed by atoms with van der Waals surface area (Å²) in [6.07, 6.45) is 5.60. The molecule has 0 amide bonds. The predicted octanol–water partition coefficient (Wildman–Crippen LogP) is 6.48. The Kier molecular flexibility index (Phi) is 6.13. The third-order valence-corrected chi connectivity index (χ3v) is 6.89. The molecule has 0 aliphatic rings. The van der Waals surface area contributed by atoms with Crippen LogP contribution >= 0.6 is 27.3 Å². The molecule has 3 aromatic rings. The maximum atomic E-state index is 4.87. The normalized spacial score (nSPS) is 11.8. The smallest absolute Gasteiger partial charge is 0.164 e. The molecule has 26 heavy (non-hydrogen) atoms. The zero-order valence-corrected chi connectivity index (χ0v) is 18.7. The van der Waals surface area contributed by atoms with Gasteiger partial charge in [0, 0.05) is 17.3 Å². The maximum Gasteiger partial charge on any atom is 0.164 e. The second-order valence-corrected chi connectivity index (χ2v) is 8.70. The van der Waals surface area contributed by atoms with Crippen molar-refractivity contribution in [2.24, 2.45) is 0 Å². The summed E-state index contributed by atoms with van der Waals surface area (Å²) < 4.78 is 2.98. The molecule has 4 nitrogen and oxygen atoms in total. The van der Waals surface area contributed by atoms with Gasteiger partial charge >= 0.3 is 0 Å². The third kappa shape index (κ3) is 3.58. The molecule has 0 fully saturated rings. The van der Waals surface area contributed by atoms with E-state index in [2.05, 4.69) is 61.1 Å². The van der Waals surface area contributed by atoms with Gasteiger partial charge in [0.25, 0.3) is 0 Å². The van der Waals surface area contributed by atoms with Crippen LogP contribution in [0.4, 0.5) is 0 Å². The number of halogens is 1. The Labute approximate surface area is 168 Å². The number of hydrogen-bond acceptors (Lipinski definition) is 4. The first-order valence-electron chi connectivity index (χ1n) is 9.52. The molecular formula is C20H27BrN4S. The lowest BCUT2D eigenvalue weighted by molar-refractivity contribution is 0.598. The molecule has 140 valence electrons. The van der Waals surface area contributed by atoms with Gasteiger partial charge in [0.1, 0.15) is 4.60 Å². The van der Waals surface area contributed by atoms with Crippen LogP contribution in [0, 0.1) is 13.8 Å². The molecule has 3 aromatic heterocycles. The summed E-state index contributed by atoms with van der Waals surface area (Å²) in [5, 5.41) is 6.05. The standard InChI is InChI=1S/C20H27BrN4S/c1-6-9-10-16-23-19(21)18(26-16)17-13(5)24-25-15(14(7-2)8-3)11-12(4)22-20(17)25/h11,14H,6-10H2,1-5H3. The highest BCUT2D eigenvalue weighted by molar-refractivity contribution is 9.10. The highest BCUT2D eigenvalue weighted by Crippen LogP contribution is 2.39. The summed E-state index contributed by atoms with van der Waals surface area (Å²) in [4.78, 5) is 10.7. The van der Waals surface area contributed by atoms with Crippen LogP contribution in [0.1, 0.15) is 74.5 Å². The molecular weight excluding hydrogens is 408 g/mol. The fourth-order valence-electron chi connectivity index (χ4n) is 3.47. The second kappa shape index (κ2) is 8.17. The minimum Gasteiger partial charge on any atom is -0.234 e. The molecule has 0 aliphatic heterocycles. The van der Waals surface area contributed by atoms with Crippen LogP contribution in [0.5, 0.6) is 0 Å². The van der Waals surface area contributed by atoms with E-state index in [1.54, 1.807) is 11.3 Å². The molecule has 0 unspecified atom stereocenters. The lowest BCUT2D eigenvalue weighted by atomic mass is 9.98. The molecule has 0 aliphatic carbocycles. The fourth-order valence-corrected chi connectivity index (χ4v) is 5.33. The zero-order valence-electron chi connectivity index (χ0n) is 16.3. The first-order chi connectivity index (χ1) is 12.5. The van der Waals surface area contributed by atoms with Gasteiger partial charge in [0.05, 0.1) is 21.1 Å². The average Bonchev–Trinajstić information content (AvgIpc) is 3.12. The Morgan fingerprint density at radius 3 is 2.54 bits per heavy atom. The Balaban J connectivity index is 2.19. The Hall–Kier alpha value is -1.27. The van der Waals surface area contributed by atoms with E-state index in [1.807, 2.05) is 0 Å². The van der Waals surface area contributed by atoms with Crippen LogP contribution in [-0.2, 0) is 6.42 Å². The van der Waals surface area contributed by atoms with Gasteiger partial charge in [-0.1, -0.05) is 27.2 Å². The minimum absolute atomic E-state index is 0.497. The van der Waals surface area contributed by atoms with Gasteiger partial charge in [-0.05, 0) is 61.5 Å². The number of rotatable bonds is 7. The monoisotopic (exact) mass is 434 g/mol. The molecule has 0 atom stereocenters. The van der Waals surface area contributed by atoms with Gasteiger partial charge in [-0.3, -0.25) is 0 Å². The van der Waals surface area contributed by atoms with Gasteiger partial charge in [-0.25, -0.2) is 14.5 Å². The van der Waals surface area contributed by atoms with Crippen molar-refractivity contribution in [3.63, 3.8) is 0 Å². The number of aryl methyl sites for hydroxylation is 3. The van der Waals surface area contributed by atoms with Gasteiger partial charge in [-0.2, -0.15) is 5.10 Å². The van der Waals surface area contributed by atoms with Crippen molar-refractivity contribution in [3.8, 4) is 10.4 Å². The van der Waals surface area contributed by atoms with Gasteiger partial charge in [-0.15, -0.1) is 11.3 Å². The molecule has 0 bridgehead atoms. The number of nitrogens with zero attached hydrogens (tertiary/aromatic N) is 4. The molecule has 0 aromatic carbocycles. The van der Waals surface area contributed by atoms with Crippen LogP contribution in [-0.4, -0.2) is 19.6 Å². The van der Waals surface area contributed by atoms with E-state index in [4.69, 9.17) is 15.1 Å². The van der Waals surface area contributed by atoms with Crippen molar-refractivity contribution in [2.45, 2.75) is 72.6 Å².